The van der Waals surface area contributed by atoms with Gasteiger partial charge in [-0.1, -0.05) is 66.7 Å². The Hall–Kier alpha value is -2.28. The molecule has 2 nitrogen and oxygen atoms in total. The number of nitrogens with zero attached hydrogens (tertiary/aromatic N) is 2. The Morgan fingerprint density at radius 2 is 1.57 bits per heavy atom. The molecule has 0 radical (unpaired) electrons. The van der Waals surface area contributed by atoms with E-state index in [0.717, 1.165) is 55.4 Å². The summed E-state index contributed by atoms with van der Waals surface area (Å²) in [5.74, 6) is 0.616. The van der Waals surface area contributed by atoms with Gasteiger partial charge in [-0.25, -0.2) is 4.31 Å². The smallest absolute Gasteiger partial charge is 0.303 e. The molecule has 3 aromatic carbocycles. The van der Waals surface area contributed by atoms with E-state index in [9.17, 15) is 13.2 Å². The molecule has 1 aliphatic rings. The van der Waals surface area contributed by atoms with Gasteiger partial charge in [0.1, 0.15) is 0 Å². The molecule has 0 amide bonds. The Labute approximate surface area is 211 Å². The van der Waals surface area contributed by atoms with Crippen LogP contribution in [-0.2, 0) is 6.18 Å². The highest BCUT2D eigenvalue weighted by molar-refractivity contribution is 7.97. The van der Waals surface area contributed by atoms with Crippen molar-refractivity contribution in [3.05, 3.63) is 102 Å². The molecular weight excluding hydrogens is 465 g/mol. The highest BCUT2D eigenvalue weighted by atomic mass is 32.2. The van der Waals surface area contributed by atoms with Crippen LogP contribution in [0.25, 0.3) is 0 Å². The molecule has 3 aromatic rings. The minimum Gasteiger partial charge on any atom is -0.303 e. The van der Waals surface area contributed by atoms with Gasteiger partial charge >= 0.3 is 6.18 Å². The third-order valence-electron chi connectivity index (χ3n) is 6.82. The van der Waals surface area contributed by atoms with Crippen LogP contribution >= 0.6 is 11.9 Å². The van der Waals surface area contributed by atoms with Crippen molar-refractivity contribution >= 4 is 11.9 Å². The molecule has 4 rings (SSSR count). The van der Waals surface area contributed by atoms with Crippen molar-refractivity contribution in [2.75, 3.05) is 33.2 Å². The van der Waals surface area contributed by atoms with Gasteiger partial charge in [-0.2, -0.15) is 13.2 Å². The van der Waals surface area contributed by atoms with Crippen molar-refractivity contribution in [3.63, 3.8) is 0 Å². The lowest BCUT2D eigenvalue weighted by molar-refractivity contribution is -0.137. The summed E-state index contributed by atoms with van der Waals surface area (Å²) in [6.07, 6.45) is -1.24. The van der Waals surface area contributed by atoms with E-state index in [1.807, 2.05) is 31.3 Å². The number of rotatable bonds is 9. The Bertz CT molecular complexity index is 1030. The van der Waals surface area contributed by atoms with Gasteiger partial charge in [-0.3, -0.25) is 0 Å². The van der Waals surface area contributed by atoms with Crippen molar-refractivity contribution < 1.29 is 13.2 Å². The first-order chi connectivity index (χ1) is 16.9. The molecule has 0 saturated carbocycles. The van der Waals surface area contributed by atoms with Crippen LogP contribution in [0.5, 0.6) is 0 Å². The Kier molecular flexibility index (Phi) is 8.93. The molecule has 0 bridgehead atoms. The third-order valence-corrected chi connectivity index (χ3v) is 7.76. The third kappa shape index (κ3) is 7.60. The van der Waals surface area contributed by atoms with Gasteiger partial charge in [0.2, 0.25) is 0 Å². The van der Waals surface area contributed by atoms with Gasteiger partial charge in [-0.05, 0) is 99.1 Å². The van der Waals surface area contributed by atoms with E-state index in [1.165, 1.54) is 11.6 Å². The van der Waals surface area contributed by atoms with Gasteiger partial charge in [0.25, 0.3) is 0 Å². The lowest BCUT2D eigenvalue weighted by atomic mass is 9.89. The van der Waals surface area contributed by atoms with E-state index >= 15 is 0 Å². The van der Waals surface area contributed by atoms with Crippen LogP contribution in [0.1, 0.15) is 47.8 Å². The van der Waals surface area contributed by atoms with Gasteiger partial charge in [0, 0.05) is 11.4 Å². The van der Waals surface area contributed by atoms with Crippen LogP contribution in [-0.4, -0.2) is 42.4 Å². The van der Waals surface area contributed by atoms with Crippen molar-refractivity contribution in [3.8, 4) is 0 Å². The summed E-state index contributed by atoms with van der Waals surface area (Å²) in [5.41, 5.74) is 1.61. The molecular formula is C29H33F3N2S. The minimum absolute atomic E-state index is 0.0189. The van der Waals surface area contributed by atoms with E-state index < -0.39 is 11.7 Å². The number of halogens is 3. The predicted molar refractivity (Wildman–Crippen MR) is 139 cm³/mol. The normalized spacial score (nSPS) is 16.5. The molecule has 1 heterocycles. The molecule has 1 saturated heterocycles. The topological polar surface area (TPSA) is 6.48 Å². The molecule has 0 aromatic heterocycles. The van der Waals surface area contributed by atoms with Crippen LogP contribution in [0.2, 0.25) is 0 Å². The number of hydrogen-bond donors (Lipinski definition) is 0. The summed E-state index contributed by atoms with van der Waals surface area (Å²) in [7, 11) is 2.02. The molecule has 1 atom stereocenters. The van der Waals surface area contributed by atoms with Crippen molar-refractivity contribution in [1.29, 1.82) is 0 Å². The summed E-state index contributed by atoms with van der Waals surface area (Å²) in [6, 6.07) is 26.7. The summed E-state index contributed by atoms with van der Waals surface area (Å²) in [4.78, 5) is 3.60. The maximum Gasteiger partial charge on any atom is 0.416 e. The molecule has 0 N–H and O–H groups in total. The van der Waals surface area contributed by atoms with Crippen LogP contribution in [0.4, 0.5) is 13.2 Å². The van der Waals surface area contributed by atoms with Crippen LogP contribution in [0.15, 0.2) is 89.8 Å². The summed E-state index contributed by atoms with van der Waals surface area (Å²) < 4.78 is 42.4. The quantitative estimate of drug-likeness (QED) is 0.279. The fourth-order valence-electron chi connectivity index (χ4n) is 4.89. The molecule has 6 heteroatoms. The Morgan fingerprint density at radius 1 is 0.914 bits per heavy atom. The Morgan fingerprint density at radius 3 is 2.23 bits per heavy atom. The maximum absolute atomic E-state index is 13.4. The first kappa shape index (κ1) is 25.8. The molecule has 1 aliphatic heterocycles. The van der Waals surface area contributed by atoms with Crippen LogP contribution in [0.3, 0.4) is 0 Å². The predicted octanol–water partition coefficient (Wildman–Crippen LogP) is 7.70. The number of likely N-dealkylation sites (N-methyl/N-ethyl adjacent to an activating group) is 1. The van der Waals surface area contributed by atoms with Crippen molar-refractivity contribution in [2.24, 2.45) is 0 Å². The number of piperidine rings is 1. The second-order valence-electron chi connectivity index (χ2n) is 9.35. The SMILES string of the molecule is CN(CC(CCN1CCC(c2ccccc2)CC1)c1cccc(C(F)(F)F)c1)Sc1ccccc1. The van der Waals surface area contributed by atoms with Gasteiger partial charge in [0.15, 0.2) is 0 Å². The average Bonchev–Trinajstić information content (AvgIpc) is 2.87. The summed E-state index contributed by atoms with van der Waals surface area (Å²) in [5, 5.41) is 0. The monoisotopic (exact) mass is 498 g/mol. The zero-order chi connectivity index (χ0) is 24.7. The minimum atomic E-state index is -4.33. The number of hydrogen-bond acceptors (Lipinski definition) is 3. The van der Waals surface area contributed by atoms with Crippen LogP contribution < -0.4 is 0 Å². The lowest BCUT2D eigenvalue weighted by Gasteiger charge is -2.33. The fraction of sp³-hybridized carbons (Fsp3) is 0.379. The standard InChI is InChI=1S/C29H33F3N2S/c1-33(35-28-13-6-3-7-14-28)22-26(25-11-8-12-27(21-25)29(30,31)32)17-20-34-18-15-24(16-19-34)23-9-4-2-5-10-23/h2-14,21,24,26H,15-20,22H2,1H3. The first-order valence-corrected chi connectivity index (χ1v) is 13.0. The summed E-state index contributed by atoms with van der Waals surface area (Å²) >= 11 is 1.63. The van der Waals surface area contributed by atoms with Crippen molar-refractivity contribution in [2.45, 2.75) is 42.2 Å². The van der Waals surface area contributed by atoms with Gasteiger partial charge in [0.05, 0.1) is 5.56 Å². The van der Waals surface area contributed by atoms with E-state index in [0.29, 0.717) is 12.5 Å². The maximum atomic E-state index is 13.4. The fourth-order valence-corrected chi connectivity index (χ4v) is 5.79. The van der Waals surface area contributed by atoms with Gasteiger partial charge < -0.3 is 4.90 Å². The molecule has 1 unspecified atom stereocenters. The van der Waals surface area contributed by atoms with E-state index in [1.54, 1.807) is 18.0 Å². The first-order valence-electron chi connectivity index (χ1n) is 12.3. The largest absolute Gasteiger partial charge is 0.416 e. The molecule has 186 valence electrons. The lowest BCUT2D eigenvalue weighted by Crippen LogP contribution is -2.35. The second-order valence-corrected chi connectivity index (χ2v) is 10.6. The number of benzene rings is 3. The highest BCUT2D eigenvalue weighted by Gasteiger charge is 2.31. The number of alkyl halides is 3. The molecule has 0 spiro atoms. The number of likely N-dealkylation sites (tertiary alicyclic amines) is 1. The van der Waals surface area contributed by atoms with E-state index in [2.05, 4.69) is 51.7 Å². The molecule has 1 fully saturated rings. The average molecular weight is 499 g/mol. The van der Waals surface area contributed by atoms with Crippen LogP contribution in [0, 0.1) is 0 Å². The van der Waals surface area contributed by atoms with Crippen molar-refractivity contribution in [1.82, 2.24) is 9.21 Å². The van der Waals surface area contributed by atoms with E-state index in [-0.39, 0.29) is 5.92 Å². The Balaban J connectivity index is 1.41. The zero-order valence-electron chi connectivity index (χ0n) is 20.1. The second kappa shape index (κ2) is 12.1. The molecule has 35 heavy (non-hydrogen) atoms. The zero-order valence-corrected chi connectivity index (χ0v) is 20.9. The highest BCUT2D eigenvalue weighted by Crippen LogP contribution is 2.34. The van der Waals surface area contributed by atoms with Gasteiger partial charge in [-0.15, -0.1) is 0 Å². The summed E-state index contributed by atoms with van der Waals surface area (Å²) in [6.45, 7) is 3.64. The van der Waals surface area contributed by atoms with E-state index in [4.69, 9.17) is 0 Å². The molecule has 0 aliphatic carbocycles.